The lowest BCUT2D eigenvalue weighted by atomic mass is 10.1. The van der Waals surface area contributed by atoms with Gasteiger partial charge in [-0.05, 0) is 47.9 Å². The van der Waals surface area contributed by atoms with Crippen LogP contribution in [-0.2, 0) is 14.8 Å². The minimum atomic E-state index is -3.49. The van der Waals surface area contributed by atoms with Crippen LogP contribution in [0.25, 0.3) is 10.8 Å². The van der Waals surface area contributed by atoms with Crippen LogP contribution in [-0.4, -0.2) is 46.1 Å². The molecule has 158 valence electrons. The summed E-state index contributed by atoms with van der Waals surface area (Å²) in [7, 11) is -3.49. The molecule has 1 fully saturated rings. The first kappa shape index (κ1) is 21.0. The lowest BCUT2D eigenvalue weighted by Crippen LogP contribution is -2.39. The summed E-state index contributed by atoms with van der Waals surface area (Å²) >= 11 is 0. The lowest BCUT2D eigenvalue weighted by molar-refractivity contribution is -0.0303. The van der Waals surface area contributed by atoms with Crippen molar-refractivity contribution in [2.75, 3.05) is 32.8 Å². The zero-order valence-corrected chi connectivity index (χ0v) is 17.9. The number of fused-ring (bicyclic) bond motifs is 1. The molecule has 1 saturated heterocycles. The molecule has 1 N–H and O–H groups in total. The van der Waals surface area contributed by atoms with Crippen LogP contribution in [0.15, 0.2) is 77.7 Å². The van der Waals surface area contributed by atoms with Gasteiger partial charge >= 0.3 is 0 Å². The molecule has 1 unspecified atom stereocenters. The van der Waals surface area contributed by atoms with Crippen molar-refractivity contribution in [3.63, 3.8) is 0 Å². The van der Waals surface area contributed by atoms with Crippen LogP contribution in [0.5, 0.6) is 0 Å². The Morgan fingerprint density at radius 1 is 0.933 bits per heavy atom. The summed E-state index contributed by atoms with van der Waals surface area (Å²) in [5.74, 6) is 0. The van der Waals surface area contributed by atoms with Gasteiger partial charge in [-0.1, -0.05) is 60.7 Å². The van der Waals surface area contributed by atoms with E-state index in [1.54, 1.807) is 12.1 Å². The monoisotopic (exact) mass is 424 g/mol. The fourth-order valence-corrected chi connectivity index (χ4v) is 4.97. The maximum absolute atomic E-state index is 12.6. The summed E-state index contributed by atoms with van der Waals surface area (Å²) in [4.78, 5) is 2.72. The first-order valence-electron chi connectivity index (χ1n) is 10.5. The van der Waals surface area contributed by atoms with Gasteiger partial charge in [0.25, 0.3) is 0 Å². The van der Waals surface area contributed by atoms with Crippen molar-refractivity contribution >= 4 is 20.8 Å². The third kappa shape index (κ3) is 5.26. The standard InChI is InChI=1S/C24H28N2O3S/c27-30(28,23-13-12-20-8-4-5-11-22(20)18-23)25-14-6-7-15-26-16-17-29-24(19-26)21-9-2-1-3-10-21/h1-5,8-13,18,24-25H,6-7,14-17,19H2. The van der Waals surface area contributed by atoms with Crippen LogP contribution in [0, 0.1) is 0 Å². The molecular formula is C24H28N2O3S. The van der Waals surface area contributed by atoms with E-state index in [2.05, 4.69) is 21.8 Å². The van der Waals surface area contributed by atoms with E-state index in [-0.39, 0.29) is 6.10 Å². The third-order valence-electron chi connectivity index (χ3n) is 5.55. The minimum Gasteiger partial charge on any atom is -0.371 e. The van der Waals surface area contributed by atoms with E-state index in [1.807, 2.05) is 48.5 Å². The fraction of sp³-hybridized carbons (Fsp3) is 0.333. The number of nitrogens with zero attached hydrogens (tertiary/aromatic N) is 1. The minimum absolute atomic E-state index is 0.117. The van der Waals surface area contributed by atoms with Gasteiger partial charge in [0.15, 0.2) is 0 Å². The SMILES string of the molecule is O=S(=O)(NCCCCN1CCOC(c2ccccc2)C1)c1ccc2ccccc2c1. The van der Waals surface area contributed by atoms with Crippen molar-refractivity contribution < 1.29 is 13.2 Å². The first-order valence-corrected chi connectivity index (χ1v) is 12.0. The number of ether oxygens (including phenoxy) is 1. The number of hydrogen-bond donors (Lipinski definition) is 1. The van der Waals surface area contributed by atoms with Gasteiger partial charge in [0.2, 0.25) is 10.0 Å². The molecule has 0 spiro atoms. The average molecular weight is 425 g/mol. The number of nitrogens with one attached hydrogen (secondary N) is 1. The van der Waals surface area contributed by atoms with E-state index in [9.17, 15) is 8.42 Å². The van der Waals surface area contributed by atoms with E-state index < -0.39 is 10.0 Å². The first-order chi connectivity index (χ1) is 14.6. The maximum atomic E-state index is 12.6. The number of hydrogen-bond acceptors (Lipinski definition) is 4. The molecule has 30 heavy (non-hydrogen) atoms. The largest absolute Gasteiger partial charge is 0.371 e. The van der Waals surface area contributed by atoms with Gasteiger partial charge in [0.05, 0.1) is 17.6 Å². The van der Waals surface area contributed by atoms with Crippen LogP contribution in [0.2, 0.25) is 0 Å². The van der Waals surface area contributed by atoms with Crippen molar-refractivity contribution in [1.29, 1.82) is 0 Å². The molecule has 1 atom stereocenters. The Morgan fingerprint density at radius 3 is 2.53 bits per heavy atom. The fourth-order valence-electron chi connectivity index (χ4n) is 3.86. The van der Waals surface area contributed by atoms with Crippen LogP contribution < -0.4 is 4.72 Å². The highest BCUT2D eigenvalue weighted by Gasteiger charge is 2.21. The quantitative estimate of drug-likeness (QED) is 0.556. The molecule has 1 aliphatic heterocycles. The van der Waals surface area contributed by atoms with Gasteiger partial charge < -0.3 is 4.74 Å². The van der Waals surface area contributed by atoms with Crippen molar-refractivity contribution in [2.45, 2.75) is 23.8 Å². The molecule has 3 aromatic carbocycles. The molecule has 0 saturated carbocycles. The van der Waals surface area contributed by atoms with Gasteiger partial charge in [-0.15, -0.1) is 0 Å². The van der Waals surface area contributed by atoms with Crippen LogP contribution in [0.1, 0.15) is 24.5 Å². The molecule has 6 heteroatoms. The predicted octanol–water partition coefficient (Wildman–Crippen LogP) is 3.97. The highest BCUT2D eigenvalue weighted by atomic mass is 32.2. The summed E-state index contributed by atoms with van der Waals surface area (Å²) in [6, 6.07) is 23.3. The zero-order valence-electron chi connectivity index (χ0n) is 17.0. The van der Waals surface area contributed by atoms with Gasteiger partial charge in [-0.2, -0.15) is 0 Å². The van der Waals surface area contributed by atoms with E-state index in [0.29, 0.717) is 11.4 Å². The van der Waals surface area contributed by atoms with Gasteiger partial charge in [-0.3, -0.25) is 4.90 Å². The van der Waals surface area contributed by atoms with Crippen molar-refractivity contribution in [3.05, 3.63) is 78.4 Å². The molecule has 0 bridgehead atoms. The highest BCUT2D eigenvalue weighted by Crippen LogP contribution is 2.22. The van der Waals surface area contributed by atoms with Crippen molar-refractivity contribution in [1.82, 2.24) is 9.62 Å². The molecule has 5 nitrogen and oxygen atoms in total. The Morgan fingerprint density at radius 2 is 1.70 bits per heavy atom. The summed E-state index contributed by atoms with van der Waals surface area (Å²) in [5, 5.41) is 1.97. The Hall–Kier alpha value is -2.25. The second-order valence-corrected chi connectivity index (χ2v) is 9.45. The number of benzene rings is 3. The van der Waals surface area contributed by atoms with Gasteiger partial charge in [-0.25, -0.2) is 13.1 Å². The molecule has 0 amide bonds. The second-order valence-electron chi connectivity index (χ2n) is 7.68. The summed E-state index contributed by atoms with van der Waals surface area (Å²) in [6.07, 6.45) is 1.87. The van der Waals surface area contributed by atoms with E-state index >= 15 is 0 Å². The maximum Gasteiger partial charge on any atom is 0.240 e. The Labute approximate surface area is 178 Å². The lowest BCUT2D eigenvalue weighted by Gasteiger charge is -2.33. The normalized spacial score (nSPS) is 17.9. The number of rotatable bonds is 8. The average Bonchev–Trinajstić information content (AvgIpc) is 2.79. The Balaban J connectivity index is 1.23. The van der Waals surface area contributed by atoms with E-state index in [4.69, 9.17) is 4.74 Å². The molecule has 0 radical (unpaired) electrons. The van der Waals surface area contributed by atoms with Crippen molar-refractivity contribution in [2.24, 2.45) is 0 Å². The molecule has 1 heterocycles. The summed E-state index contributed by atoms with van der Waals surface area (Å²) < 4.78 is 33.9. The predicted molar refractivity (Wildman–Crippen MR) is 120 cm³/mol. The summed E-state index contributed by atoms with van der Waals surface area (Å²) in [5.41, 5.74) is 1.21. The molecule has 1 aliphatic rings. The molecular weight excluding hydrogens is 396 g/mol. The summed E-state index contributed by atoms with van der Waals surface area (Å²) in [6.45, 7) is 3.93. The van der Waals surface area contributed by atoms with Gasteiger partial charge in [0, 0.05) is 19.6 Å². The molecule has 4 rings (SSSR count). The molecule has 3 aromatic rings. The molecule has 0 aliphatic carbocycles. The van der Waals surface area contributed by atoms with E-state index in [1.165, 1.54) is 5.56 Å². The van der Waals surface area contributed by atoms with Gasteiger partial charge in [0.1, 0.15) is 0 Å². The number of unbranched alkanes of at least 4 members (excludes halogenated alkanes) is 1. The van der Waals surface area contributed by atoms with Crippen molar-refractivity contribution in [3.8, 4) is 0 Å². The third-order valence-corrected chi connectivity index (χ3v) is 7.01. The van der Waals surface area contributed by atoms with E-state index in [0.717, 1.165) is 49.9 Å². The topological polar surface area (TPSA) is 58.6 Å². The molecule has 0 aromatic heterocycles. The van der Waals surface area contributed by atoms with Crippen LogP contribution in [0.4, 0.5) is 0 Å². The number of morpholine rings is 1. The van der Waals surface area contributed by atoms with Crippen LogP contribution >= 0.6 is 0 Å². The number of sulfonamides is 1. The van der Waals surface area contributed by atoms with Crippen LogP contribution in [0.3, 0.4) is 0 Å². The Kier molecular flexibility index (Phi) is 6.79. The second kappa shape index (κ2) is 9.71. The zero-order chi connectivity index (χ0) is 20.8. The smallest absolute Gasteiger partial charge is 0.240 e. The highest BCUT2D eigenvalue weighted by molar-refractivity contribution is 7.89. The Bertz CT molecular complexity index is 1070.